The van der Waals surface area contributed by atoms with E-state index in [-0.39, 0.29) is 55.7 Å². The van der Waals surface area contributed by atoms with Crippen molar-refractivity contribution >= 4 is 27.5 Å². The molecule has 2 aliphatic heterocycles. The Balaban J connectivity index is 1.39. The van der Waals surface area contributed by atoms with Crippen molar-refractivity contribution in [2.24, 2.45) is 5.10 Å². The topological polar surface area (TPSA) is 99.6 Å². The van der Waals surface area contributed by atoms with Gasteiger partial charge in [0.2, 0.25) is 15.9 Å². The molecule has 0 aromatic heterocycles. The summed E-state index contributed by atoms with van der Waals surface area (Å²) in [5.74, 6) is 0.250. The summed E-state index contributed by atoms with van der Waals surface area (Å²) in [7, 11) is -3.66. The predicted octanol–water partition coefficient (Wildman–Crippen LogP) is 2.10. The minimum atomic E-state index is -3.66. The summed E-state index contributed by atoms with van der Waals surface area (Å²) in [5, 5.41) is 5.68. The molecule has 0 N–H and O–H groups in total. The van der Waals surface area contributed by atoms with Crippen molar-refractivity contribution in [3.63, 3.8) is 0 Å². The largest absolute Gasteiger partial charge is 0.494 e. The fourth-order valence-electron chi connectivity index (χ4n) is 3.97. The SMILES string of the molecule is CCOc1ccc(S(=O)(=O)N2CCN(C(=O)C3=NN(Cc4ccccc4)C(=O)CC3)CC2)cc1. The van der Waals surface area contributed by atoms with Gasteiger partial charge in [-0.25, -0.2) is 13.4 Å². The first-order valence-corrected chi connectivity index (χ1v) is 12.8. The van der Waals surface area contributed by atoms with E-state index >= 15 is 0 Å². The van der Waals surface area contributed by atoms with E-state index in [0.29, 0.717) is 24.6 Å². The number of carbonyl (C=O) groups excluding carboxylic acids is 2. The molecule has 0 bridgehead atoms. The molecule has 2 aromatic rings. The molecule has 9 nitrogen and oxygen atoms in total. The van der Waals surface area contributed by atoms with Gasteiger partial charge in [-0.2, -0.15) is 9.41 Å². The Bertz CT molecular complexity index is 1160. The maximum Gasteiger partial charge on any atom is 0.270 e. The minimum absolute atomic E-state index is 0.119. The van der Waals surface area contributed by atoms with Crippen LogP contribution in [0.2, 0.25) is 0 Å². The number of hydrogen-bond acceptors (Lipinski definition) is 6. The lowest BCUT2D eigenvalue weighted by atomic mass is 10.1. The fourth-order valence-corrected chi connectivity index (χ4v) is 5.40. The quantitative estimate of drug-likeness (QED) is 0.599. The second-order valence-electron chi connectivity index (χ2n) is 8.08. The van der Waals surface area contributed by atoms with Crippen LogP contribution < -0.4 is 4.74 Å². The number of amides is 2. The van der Waals surface area contributed by atoms with E-state index in [9.17, 15) is 18.0 Å². The van der Waals surface area contributed by atoms with Crippen LogP contribution >= 0.6 is 0 Å². The number of ether oxygens (including phenoxy) is 1. The van der Waals surface area contributed by atoms with Gasteiger partial charge in [-0.3, -0.25) is 9.59 Å². The summed E-state index contributed by atoms with van der Waals surface area (Å²) >= 11 is 0. The molecule has 0 unspecified atom stereocenters. The second kappa shape index (κ2) is 10.4. The van der Waals surface area contributed by atoms with Gasteiger partial charge in [-0.05, 0) is 36.8 Å². The molecule has 180 valence electrons. The standard InChI is InChI=1S/C24H28N4O5S/c1-2-33-20-8-10-21(11-9-20)34(31,32)27-16-14-26(15-17-27)24(30)22-12-13-23(29)28(25-22)18-19-6-4-3-5-7-19/h3-11H,2,12-18H2,1H3. The van der Waals surface area contributed by atoms with E-state index in [0.717, 1.165) is 5.56 Å². The van der Waals surface area contributed by atoms with Gasteiger partial charge in [0, 0.05) is 39.0 Å². The van der Waals surface area contributed by atoms with Gasteiger partial charge in [0.05, 0.1) is 18.0 Å². The van der Waals surface area contributed by atoms with Gasteiger partial charge in [0.15, 0.2) is 0 Å². The van der Waals surface area contributed by atoms with E-state index in [1.54, 1.807) is 17.0 Å². The van der Waals surface area contributed by atoms with Crippen LogP contribution in [0.25, 0.3) is 0 Å². The van der Waals surface area contributed by atoms with E-state index in [1.807, 2.05) is 37.3 Å². The van der Waals surface area contributed by atoms with Gasteiger partial charge >= 0.3 is 0 Å². The summed E-state index contributed by atoms with van der Waals surface area (Å²) in [6, 6.07) is 15.8. The van der Waals surface area contributed by atoms with Crippen LogP contribution in [0.5, 0.6) is 5.75 Å². The van der Waals surface area contributed by atoms with E-state index < -0.39 is 10.0 Å². The molecule has 0 saturated carbocycles. The Morgan fingerprint density at radius 2 is 1.65 bits per heavy atom. The van der Waals surface area contributed by atoms with Crippen LogP contribution in [-0.2, 0) is 26.2 Å². The van der Waals surface area contributed by atoms with E-state index in [4.69, 9.17) is 4.74 Å². The normalized spacial score (nSPS) is 17.4. The average Bonchev–Trinajstić information content (AvgIpc) is 2.86. The van der Waals surface area contributed by atoms with Crippen LogP contribution in [0.3, 0.4) is 0 Å². The number of nitrogens with zero attached hydrogens (tertiary/aromatic N) is 4. The number of carbonyl (C=O) groups is 2. The summed E-state index contributed by atoms with van der Waals surface area (Å²) in [4.78, 5) is 27.2. The molecule has 0 spiro atoms. The summed E-state index contributed by atoms with van der Waals surface area (Å²) in [5.41, 5.74) is 1.26. The van der Waals surface area contributed by atoms with Crippen LogP contribution in [0, 0.1) is 0 Å². The molecule has 4 rings (SSSR count). The molecule has 0 atom stereocenters. The van der Waals surface area contributed by atoms with Gasteiger partial charge in [-0.15, -0.1) is 0 Å². The molecule has 34 heavy (non-hydrogen) atoms. The zero-order chi connectivity index (χ0) is 24.1. The molecular formula is C24H28N4O5S. The van der Waals surface area contributed by atoms with Crippen molar-refractivity contribution in [2.45, 2.75) is 31.2 Å². The van der Waals surface area contributed by atoms with Crippen molar-refractivity contribution in [2.75, 3.05) is 32.8 Å². The number of sulfonamides is 1. The highest BCUT2D eigenvalue weighted by molar-refractivity contribution is 7.89. The molecule has 0 aliphatic carbocycles. The monoisotopic (exact) mass is 484 g/mol. The Labute approximate surface area is 199 Å². The Hall–Kier alpha value is -3.24. The smallest absolute Gasteiger partial charge is 0.270 e. The first kappa shape index (κ1) is 23.9. The van der Waals surface area contributed by atoms with Gasteiger partial charge in [0.25, 0.3) is 5.91 Å². The van der Waals surface area contributed by atoms with Crippen LogP contribution in [0.1, 0.15) is 25.3 Å². The Morgan fingerprint density at radius 1 is 0.971 bits per heavy atom. The number of rotatable bonds is 7. The summed E-state index contributed by atoms with van der Waals surface area (Å²) < 4.78 is 32.8. The maximum atomic E-state index is 13.1. The van der Waals surface area contributed by atoms with Crippen molar-refractivity contribution < 1.29 is 22.7 Å². The third kappa shape index (κ3) is 5.28. The highest BCUT2D eigenvalue weighted by Crippen LogP contribution is 2.22. The fraction of sp³-hybridized carbons (Fsp3) is 0.375. The Morgan fingerprint density at radius 3 is 2.29 bits per heavy atom. The van der Waals surface area contributed by atoms with Crippen molar-refractivity contribution in [3.05, 3.63) is 60.2 Å². The molecule has 1 saturated heterocycles. The van der Waals surface area contributed by atoms with Crippen LogP contribution in [-0.4, -0.2) is 72.9 Å². The average molecular weight is 485 g/mol. The van der Waals surface area contributed by atoms with Gasteiger partial charge < -0.3 is 9.64 Å². The van der Waals surface area contributed by atoms with E-state index in [2.05, 4.69) is 5.10 Å². The zero-order valence-electron chi connectivity index (χ0n) is 19.1. The lowest BCUT2D eigenvalue weighted by molar-refractivity contribution is -0.132. The lowest BCUT2D eigenvalue weighted by Crippen LogP contribution is -2.52. The second-order valence-corrected chi connectivity index (χ2v) is 10.0. The zero-order valence-corrected chi connectivity index (χ0v) is 19.9. The number of piperazine rings is 1. The molecule has 0 radical (unpaired) electrons. The van der Waals surface area contributed by atoms with Crippen molar-refractivity contribution in [1.29, 1.82) is 0 Å². The van der Waals surface area contributed by atoms with Crippen molar-refractivity contribution in [3.8, 4) is 5.75 Å². The molecule has 2 heterocycles. The molecule has 2 amide bonds. The van der Waals surface area contributed by atoms with Gasteiger partial charge in [-0.1, -0.05) is 30.3 Å². The first-order chi connectivity index (χ1) is 16.4. The third-order valence-corrected chi connectivity index (χ3v) is 7.74. The summed E-state index contributed by atoms with van der Waals surface area (Å²) in [6.07, 6.45) is 0.511. The molecule has 2 aliphatic rings. The first-order valence-electron chi connectivity index (χ1n) is 11.3. The highest BCUT2D eigenvalue weighted by Gasteiger charge is 2.33. The molecule has 1 fully saturated rings. The molecule has 10 heteroatoms. The van der Waals surface area contributed by atoms with Crippen LogP contribution in [0.4, 0.5) is 0 Å². The lowest BCUT2D eigenvalue weighted by Gasteiger charge is -2.35. The number of hydrazone groups is 1. The minimum Gasteiger partial charge on any atom is -0.494 e. The third-order valence-electron chi connectivity index (χ3n) is 5.83. The number of benzene rings is 2. The number of hydrogen-bond donors (Lipinski definition) is 0. The van der Waals surface area contributed by atoms with E-state index in [1.165, 1.54) is 21.4 Å². The molecular weight excluding hydrogens is 456 g/mol. The predicted molar refractivity (Wildman–Crippen MR) is 127 cm³/mol. The van der Waals surface area contributed by atoms with Crippen LogP contribution in [0.15, 0.2) is 64.6 Å². The maximum absolute atomic E-state index is 13.1. The van der Waals surface area contributed by atoms with Crippen molar-refractivity contribution in [1.82, 2.24) is 14.2 Å². The Kier molecular flexibility index (Phi) is 7.28. The van der Waals surface area contributed by atoms with Gasteiger partial charge in [0.1, 0.15) is 11.5 Å². The highest BCUT2D eigenvalue weighted by atomic mass is 32.2. The summed E-state index contributed by atoms with van der Waals surface area (Å²) in [6.45, 7) is 3.60. The molecule has 2 aromatic carbocycles.